The minimum Gasteiger partial charge on any atom is -0.465 e. The molecule has 112 valence electrons. The lowest BCUT2D eigenvalue weighted by Gasteiger charge is -2.17. The quantitative estimate of drug-likeness (QED) is 0.733. The summed E-state index contributed by atoms with van der Waals surface area (Å²) in [7, 11) is 0. The third-order valence-electron chi connectivity index (χ3n) is 3.16. The molecule has 0 bridgehead atoms. The second-order valence-corrected chi connectivity index (χ2v) is 4.70. The number of nitrogens with zero attached hydrogens (tertiary/aromatic N) is 3. The lowest BCUT2D eigenvalue weighted by Crippen LogP contribution is -2.30. The van der Waals surface area contributed by atoms with E-state index in [0.717, 1.165) is 17.9 Å². The summed E-state index contributed by atoms with van der Waals surface area (Å²) in [4.78, 5) is 13.5. The van der Waals surface area contributed by atoms with Crippen molar-refractivity contribution in [3.05, 3.63) is 48.3 Å². The molecule has 0 aliphatic heterocycles. The molecule has 0 saturated carbocycles. The van der Waals surface area contributed by atoms with E-state index in [-0.39, 0.29) is 5.97 Å². The zero-order chi connectivity index (χ0) is 15.1. The Morgan fingerprint density at radius 2 is 2.00 bits per heavy atom. The van der Waals surface area contributed by atoms with Gasteiger partial charge in [-0.2, -0.15) is 5.10 Å². The molecule has 0 amide bonds. The second kappa shape index (κ2) is 7.59. The number of benzene rings is 1. The molecule has 0 atom stereocenters. The van der Waals surface area contributed by atoms with Crippen LogP contribution in [-0.4, -0.2) is 40.3 Å². The predicted molar refractivity (Wildman–Crippen MR) is 81.1 cm³/mol. The van der Waals surface area contributed by atoms with Crippen LogP contribution in [0.25, 0.3) is 5.69 Å². The number of carbonyl (C=O) groups excluding carboxylic acids is 1. The van der Waals surface area contributed by atoms with E-state index in [1.807, 2.05) is 66.0 Å². The average Bonchev–Trinajstić information content (AvgIpc) is 2.96. The van der Waals surface area contributed by atoms with E-state index in [4.69, 9.17) is 4.74 Å². The van der Waals surface area contributed by atoms with Gasteiger partial charge in [0, 0.05) is 12.7 Å². The van der Waals surface area contributed by atoms with Gasteiger partial charge in [0.05, 0.1) is 24.5 Å². The number of likely N-dealkylation sites (N-methyl/N-ethyl adjacent to an activating group) is 1. The number of esters is 1. The molecule has 0 spiro atoms. The molecule has 0 N–H and O–H groups in total. The van der Waals surface area contributed by atoms with Gasteiger partial charge in [-0.1, -0.05) is 25.1 Å². The maximum atomic E-state index is 11.5. The molecule has 0 fully saturated rings. The van der Waals surface area contributed by atoms with Crippen molar-refractivity contribution in [1.29, 1.82) is 0 Å². The summed E-state index contributed by atoms with van der Waals surface area (Å²) in [5.74, 6) is -0.193. The zero-order valence-corrected chi connectivity index (χ0v) is 12.5. The fourth-order valence-electron chi connectivity index (χ4n) is 2.07. The summed E-state index contributed by atoms with van der Waals surface area (Å²) < 4.78 is 6.82. The molecule has 0 aliphatic carbocycles. The van der Waals surface area contributed by atoms with Crippen LogP contribution in [0, 0.1) is 0 Å². The molecular formula is C16H21N3O2. The van der Waals surface area contributed by atoms with Crippen LogP contribution in [0.4, 0.5) is 0 Å². The number of para-hydroxylation sites is 1. The maximum Gasteiger partial charge on any atom is 0.320 e. The lowest BCUT2D eigenvalue weighted by molar-refractivity contribution is -0.144. The third-order valence-corrected chi connectivity index (χ3v) is 3.16. The molecule has 21 heavy (non-hydrogen) atoms. The smallest absolute Gasteiger partial charge is 0.320 e. The molecule has 1 aromatic heterocycles. The van der Waals surface area contributed by atoms with Gasteiger partial charge in [0.25, 0.3) is 0 Å². The summed E-state index contributed by atoms with van der Waals surface area (Å²) in [6.07, 6.45) is 1.93. The van der Waals surface area contributed by atoms with Crippen LogP contribution in [0.1, 0.15) is 19.5 Å². The van der Waals surface area contributed by atoms with Crippen molar-refractivity contribution >= 4 is 5.97 Å². The normalized spacial score (nSPS) is 10.8. The first-order chi connectivity index (χ1) is 10.2. The fraction of sp³-hybridized carbons (Fsp3) is 0.375. The molecule has 5 heteroatoms. The van der Waals surface area contributed by atoms with Gasteiger partial charge in [0.15, 0.2) is 0 Å². The van der Waals surface area contributed by atoms with E-state index in [0.29, 0.717) is 19.7 Å². The van der Waals surface area contributed by atoms with E-state index >= 15 is 0 Å². The highest BCUT2D eigenvalue weighted by Gasteiger charge is 2.12. The topological polar surface area (TPSA) is 47.4 Å². The summed E-state index contributed by atoms with van der Waals surface area (Å²) >= 11 is 0. The van der Waals surface area contributed by atoms with Gasteiger partial charge < -0.3 is 4.74 Å². The molecule has 0 aliphatic rings. The maximum absolute atomic E-state index is 11.5. The molecule has 0 unspecified atom stereocenters. The van der Waals surface area contributed by atoms with Crippen molar-refractivity contribution in [2.75, 3.05) is 19.7 Å². The van der Waals surface area contributed by atoms with Crippen LogP contribution in [0.3, 0.4) is 0 Å². The van der Waals surface area contributed by atoms with E-state index in [1.165, 1.54) is 0 Å². The Morgan fingerprint density at radius 3 is 2.67 bits per heavy atom. The van der Waals surface area contributed by atoms with Gasteiger partial charge in [0.1, 0.15) is 0 Å². The first-order valence-corrected chi connectivity index (χ1v) is 7.21. The molecular weight excluding hydrogens is 266 g/mol. The Hall–Kier alpha value is -2.14. The second-order valence-electron chi connectivity index (χ2n) is 4.70. The van der Waals surface area contributed by atoms with Gasteiger partial charge in [-0.3, -0.25) is 9.69 Å². The Bertz CT molecular complexity index is 566. The zero-order valence-electron chi connectivity index (χ0n) is 12.5. The first-order valence-electron chi connectivity index (χ1n) is 7.21. The molecule has 1 heterocycles. The molecule has 0 saturated heterocycles. The minimum atomic E-state index is -0.193. The highest BCUT2D eigenvalue weighted by atomic mass is 16.5. The first kappa shape index (κ1) is 15.3. The Kier molecular flexibility index (Phi) is 5.51. The Morgan fingerprint density at radius 1 is 1.24 bits per heavy atom. The highest BCUT2D eigenvalue weighted by molar-refractivity contribution is 5.71. The predicted octanol–water partition coefficient (Wildman–Crippen LogP) is 2.26. The fourth-order valence-corrected chi connectivity index (χ4v) is 2.07. The van der Waals surface area contributed by atoms with Crippen LogP contribution >= 0.6 is 0 Å². The summed E-state index contributed by atoms with van der Waals surface area (Å²) in [6.45, 7) is 5.96. The van der Waals surface area contributed by atoms with Crippen molar-refractivity contribution in [2.45, 2.75) is 20.4 Å². The molecule has 2 aromatic rings. The van der Waals surface area contributed by atoms with Crippen molar-refractivity contribution < 1.29 is 9.53 Å². The van der Waals surface area contributed by atoms with Crippen LogP contribution < -0.4 is 0 Å². The van der Waals surface area contributed by atoms with E-state index in [2.05, 4.69) is 5.10 Å². The summed E-state index contributed by atoms with van der Waals surface area (Å²) in [5.41, 5.74) is 1.96. The highest BCUT2D eigenvalue weighted by Crippen LogP contribution is 2.08. The number of hydrogen-bond acceptors (Lipinski definition) is 4. The van der Waals surface area contributed by atoms with Crippen molar-refractivity contribution in [3.8, 4) is 5.69 Å². The van der Waals surface area contributed by atoms with Gasteiger partial charge in [-0.05, 0) is 31.7 Å². The SMILES string of the molecule is CCOC(=O)CN(CC)Cc1ccn(-c2ccccc2)n1. The number of ether oxygens (including phenoxy) is 1. The van der Waals surface area contributed by atoms with Crippen LogP contribution in [0.2, 0.25) is 0 Å². The molecule has 1 aromatic carbocycles. The van der Waals surface area contributed by atoms with Crippen molar-refractivity contribution in [2.24, 2.45) is 0 Å². The average molecular weight is 287 g/mol. The Labute approximate surface area is 125 Å². The van der Waals surface area contributed by atoms with Gasteiger partial charge in [-0.25, -0.2) is 4.68 Å². The number of hydrogen-bond donors (Lipinski definition) is 0. The molecule has 0 radical (unpaired) electrons. The summed E-state index contributed by atoms with van der Waals surface area (Å²) in [5, 5.41) is 4.54. The van der Waals surface area contributed by atoms with Gasteiger partial charge in [0.2, 0.25) is 0 Å². The van der Waals surface area contributed by atoms with Crippen LogP contribution in [0.15, 0.2) is 42.6 Å². The van der Waals surface area contributed by atoms with Gasteiger partial charge >= 0.3 is 5.97 Å². The van der Waals surface area contributed by atoms with E-state index < -0.39 is 0 Å². The van der Waals surface area contributed by atoms with Crippen LogP contribution in [0.5, 0.6) is 0 Å². The lowest BCUT2D eigenvalue weighted by atomic mass is 10.3. The van der Waals surface area contributed by atoms with Gasteiger partial charge in [-0.15, -0.1) is 0 Å². The van der Waals surface area contributed by atoms with E-state index in [1.54, 1.807) is 0 Å². The largest absolute Gasteiger partial charge is 0.465 e. The molecule has 5 nitrogen and oxygen atoms in total. The van der Waals surface area contributed by atoms with E-state index in [9.17, 15) is 4.79 Å². The summed E-state index contributed by atoms with van der Waals surface area (Å²) in [6, 6.07) is 11.9. The number of aromatic nitrogens is 2. The van der Waals surface area contributed by atoms with Crippen LogP contribution in [-0.2, 0) is 16.1 Å². The standard InChI is InChI=1S/C16H21N3O2/c1-3-18(13-16(20)21-4-2)12-14-10-11-19(17-14)15-8-6-5-7-9-15/h5-11H,3-4,12-13H2,1-2H3. The monoisotopic (exact) mass is 287 g/mol. The molecule has 2 rings (SSSR count). The minimum absolute atomic E-state index is 0.193. The number of rotatable bonds is 7. The number of carbonyl (C=O) groups is 1. The van der Waals surface area contributed by atoms with Crippen molar-refractivity contribution in [3.63, 3.8) is 0 Å². The third kappa shape index (κ3) is 4.43. The van der Waals surface area contributed by atoms with Crippen molar-refractivity contribution in [1.82, 2.24) is 14.7 Å². The Balaban J connectivity index is 1.99.